The van der Waals surface area contributed by atoms with Crippen LogP contribution >= 0.6 is 0 Å². The number of aromatic carboxylic acids is 1. The first-order valence-corrected chi connectivity index (χ1v) is 10.7. The van der Waals surface area contributed by atoms with E-state index in [2.05, 4.69) is 78.6 Å². The molecule has 5 nitrogen and oxygen atoms in total. The molecular formula is C26H31N3O2. The predicted octanol–water partition coefficient (Wildman–Crippen LogP) is 5.29. The van der Waals surface area contributed by atoms with Gasteiger partial charge in [-0.05, 0) is 53.3 Å². The fourth-order valence-electron chi connectivity index (χ4n) is 3.91. The van der Waals surface area contributed by atoms with E-state index >= 15 is 0 Å². The molecule has 0 fully saturated rings. The highest BCUT2D eigenvalue weighted by Crippen LogP contribution is 2.31. The molecule has 5 heteroatoms. The Morgan fingerprint density at radius 2 is 1.90 bits per heavy atom. The number of aromatic nitrogens is 1. The number of nitrogens with one attached hydrogen (secondary N) is 1. The van der Waals surface area contributed by atoms with E-state index in [1.165, 1.54) is 59.2 Å². The minimum absolute atomic E-state index is 0.238. The summed E-state index contributed by atoms with van der Waals surface area (Å²) in [5.74, 6) is -0.384. The number of nitrogens with zero attached hydrogens (tertiary/aromatic N) is 2. The molecule has 2 N–H and O–H groups in total. The summed E-state index contributed by atoms with van der Waals surface area (Å²) >= 11 is 0. The summed E-state index contributed by atoms with van der Waals surface area (Å²) in [4.78, 5) is 16.7. The molecule has 0 saturated heterocycles. The molecule has 31 heavy (non-hydrogen) atoms. The molecule has 4 rings (SSSR count). The fraction of sp³-hybridized carbons (Fsp3) is 0.308. The van der Waals surface area contributed by atoms with Crippen LogP contribution in [0.4, 0.5) is 5.69 Å². The van der Waals surface area contributed by atoms with Crippen molar-refractivity contribution in [1.82, 2.24) is 9.88 Å². The van der Waals surface area contributed by atoms with E-state index < -0.39 is 5.97 Å². The van der Waals surface area contributed by atoms with E-state index in [4.69, 9.17) is 5.11 Å². The van der Waals surface area contributed by atoms with Gasteiger partial charge in [0.15, 0.2) is 0 Å². The zero-order valence-electron chi connectivity index (χ0n) is 18.7. The minimum atomic E-state index is -0.947. The smallest absolute Gasteiger partial charge is 0.337 e. The SMILES string of the molecule is CC(C)c1ccccc1-c1ccc2c(c1)CCN(C)C2.CNc1cnccc1C(=O)O. The fourth-order valence-corrected chi connectivity index (χ4v) is 3.91. The minimum Gasteiger partial charge on any atom is -0.478 e. The van der Waals surface area contributed by atoms with E-state index in [-0.39, 0.29) is 5.56 Å². The molecule has 2 aromatic carbocycles. The van der Waals surface area contributed by atoms with Crippen molar-refractivity contribution in [3.05, 3.63) is 83.2 Å². The lowest BCUT2D eigenvalue weighted by Crippen LogP contribution is -2.26. The van der Waals surface area contributed by atoms with Crippen LogP contribution in [0.3, 0.4) is 0 Å². The Hall–Kier alpha value is -3.18. The second-order valence-electron chi connectivity index (χ2n) is 8.19. The van der Waals surface area contributed by atoms with Gasteiger partial charge in [0.2, 0.25) is 0 Å². The number of benzene rings is 2. The number of hydrogen-bond acceptors (Lipinski definition) is 4. The average molecular weight is 418 g/mol. The molecule has 0 bridgehead atoms. The topological polar surface area (TPSA) is 65.5 Å². The third-order valence-corrected chi connectivity index (χ3v) is 5.62. The van der Waals surface area contributed by atoms with Crippen molar-refractivity contribution in [2.24, 2.45) is 0 Å². The summed E-state index contributed by atoms with van der Waals surface area (Å²) < 4.78 is 0. The summed E-state index contributed by atoms with van der Waals surface area (Å²) in [5, 5.41) is 11.4. The van der Waals surface area contributed by atoms with Crippen LogP contribution in [0.25, 0.3) is 11.1 Å². The molecule has 1 aromatic heterocycles. The van der Waals surface area contributed by atoms with Gasteiger partial charge in [-0.25, -0.2) is 4.79 Å². The van der Waals surface area contributed by atoms with Gasteiger partial charge in [0, 0.05) is 26.3 Å². The molecule has 0 radical (unpaired) electrons. The third-order valence-electron chi connectivity index (χ3n) is 5.62. The van der Waals surface area contributed by atoms with Gasteiger partial charge in [0.05, 0.1) is 17.4 Å². The van der Waals surface area contributed by atoms with Crippen LogP contribution in [-0.2, 0) is 13.0 Å². The lowest BCUT2D eigenvalue weighted by molar-refractivity contribution is 0.0698. The molecule has 1 aliphatic heterocycles. The average Bonchev–Trinajstić information content (AvgIpc) is 2.79. The Labute approximate surface area is 184 Å². The zero-order chi connectivity index (χ0) is 22.4. The lowest BCUT2D eigenvalue weighted by Gasteiger charge is -2.25. The molecule has 162 valence electrons. The van der Waals surface area contributed by atoms with Gasteiger partial charge in [-0.15, -0.1) is 0 Å². The first-order valence-electron chi connectivity index (χ1n) is 10.7. The number of hydrogen-bond donors (Lipinski definition) is 2. The highest BCUT2D eigenvalue weighted by Gasteiger charge is 2.15. The number of carboxylic acids is 1. The lowest BCUT2D eigenvalue weighted by atomic mass is 9.89. The van der Waals surface area contributed by atoms with Crippen molar-refractivity contribution < 1.29 is 9.90 Å². The molecule has 3 aromatic rings. The van der Waals surface area contributed by atoms with Gasteiger partial charge < -0.3 is 15.3 Å². The monoisotopic (exact) mass is 417 g/mol. The van der Waals surface area contributed by atoms with E-state index in [0.717, 1.165) is 6.54 Å². The number of likely N-dealkylation sites (N-methyl/N-ethyl adjacent to an activating group) is 1. The molecule has 0 saturated carbocycles. The Morgan fingerprint density at radius 1 is 1.13 bits per heavy atom. The summed E-state index contributed by atoms with van der Waals surface area (Å²) in [6.07, 6.45) is 4.09. The van der Waals surface area contributed by atoms with Crippen LogP contribution in [-0.4, -0.2) is 41.6 Å². The van der Waals surface area contributed by atoms with Crippen molar-refractivity contribution in [2.75, 3.05) is 26.0 Å². The maximum atomic E-state index is 10.5. The third kappa shape index (κ3) is 5.50. The second-order valence-corrected chi connectivity index (χ2v) is 8.19. The number of fused-ring (bicyclic) bond motifs is 1. The van der Waals surface area contributed by atoms with Crippen LogP contribution < -0.4 is 5.32 Å². The Morgan fingerprint density at radius 3 is 2.58 bits per heavy atom. The molecule has 0 spiro atoms. The Bertz CT molecular complexity index is 1050. The standard InChI is InChI=1S/C19H23N.C7H8N2O2/c1-14(2)18-6-4-5-7-19(18)16-8-9-17-13-20(3)11-10-15(17)12-16;1-8-6-4-9-3-2-5(6)7(10)11/h4-9,12,14H,10-11,13H2,1-3H3;2-4,8H,1H3,(H,10,11). The molecule has 0 aliphatic carbocycles. The Balaban J connectivity index is 0.000000210. The molecule has 0 amide bonds. The van der Waals surface area contributed by atoms with Crippen LogP contribution in [0.1, 0.15) is 46.8 Å². The quantitative estimate of drug-likeness (QED) is 0.604. The zero-order valence-corrected chi connectivity index (χ0v) is 18.7. The predicted molar refractivity (Wildman–Crippen MR) is 127 cm³/mol. The van der Waals surface area contributed by atoms with E-state index in [9.17, 15) is 4.79 Å². The number of pyridine rings is 1. The van der Waals surface area contributed by atoms with Crippen LogP contribution in [0.2, 0.25) is 0 Å². The molecule has 0 unspecified atom stereocenters. The normalized spacial score (nSPS) is 13.2. The van der Waals surface area contributed by atoms with Crippen molar-refractivity contribution in [3.63, 3.8) is 0 Å². The van der Waals surface area contributed by atoms with Crippen molar-refractivity contribution in [1.29, 1.82) is 0 Å². The first kappa shape index (κ1) is 22.5. The largest absolute Gasteiger partial charge is 0.478 e. The summed E-state index contributed by atoms with van der Waals surface area (Å²) in [7, 11) is 3.86. The summed E-state index contributed by atoms with van der Waals surface area (Å²) in [6, 6.07) is 17.3. The van der Waals surface area contributed by atoms with Crippen LogP contribution in [0.5, 0.6) is 0 Å². The van der Waals surface area contributed by atoms with Crippen LogP contribution in [0, 0.1) is 0 Å². The van der Waals surface area contributed by atoms with Gasteiger partial charge in [-0.1, -0.05) is 56.3 Å². The van der Waals surface area contributed by atoms with Crippen LogP contribution in [0.15, 0.2) is 60.9 Å². The maximum Gasteiger partial charge on any atom is 0.337 e. The number of carboxylic acid groups (broad SMARTS) is 1. The Kier molecular flexibility index (Phi) is 7.42. The molecular weight excluding hydrogens is 386 g/mol. The van der Waals surface area contributed by atoms with Gasteiger partial charge >= 0.3 is 5.97 Å². The number of carbonyl (C=O) groups is 1. The first-order chi connectivity index (χ1) is 14.9. The second kappa shape index (κ2) is 10.2. The molecule has 2 heterocycles. The van der Waals surface area contributed by atoms with E-state index in [1.54, 1.807) is 7.05 Å². The van der Waals surface area contributed by atoms with Gasteiger partial charge in [0.1, 0.15) is 0 Å². The van der Waals surface area contributed by atoms with Crippen molar-refractivity contribution in [3.8, 4) is 11.1 Å². The number of anilines is 1. The number of rotatable bonds is 4. The highest BCUT2D eigenvalue weighted by atomic mass is 16.4. The van der Waals surface area contributed by atoms with E-state index in [1.807, 2.05) is 0 Å². The van der Waals surface area contributed by atoms with Crippen molar-refractivity contribution in [2.45, 2.75) is 32.7 Å². The van der Waals surface area contributed by atoms with Gasteiger partial charge in [-0.3, -0.25) is 4.98 Å². The van der Waals surface area contributed by atoms with Gasteiger partial charge in [-0.2, -0.15) is 0 Å². The van der Waals surface area contributed by atoms with E-state index in [0.29, 0.717) is 11.6 Å². The maximum absolute atomic E-state index is 10.5. The van der Waals surface area contributed by atoms with Gasteiger partial charge in [0.25, 0.3) is 0 Å². The highest BCUT2D eigenvalue weighted by molar-refractivity contribution is 5.93. The molecule has 0 atom stereocenters. The summed E-state index contributed by atoms with van der Waals surface area (Å²) in [6.45, 7) is 6.79. The van der Waals surface area contributed by atoms with Crippen molar-refractivity contribution >= 4 is 11.7 Å². The molecule has 1 aliphatic rings. The summed E-state index contributed by atoms with van der Waals surface area (Å²) in [5.41, 5.74) is 7.99.